The Kier molecular flexibility index (Phi) is 4.20. The fourth-order valence-corrected chi connectivity index (χ4v) is 2.22. The minimum Gasteiger partial charge on any atom is -0.478 e. The average molecular weight is 273 g/mol. The smallest absolute Gasteiger partial charge is 0.339 e. The number of anilines is 1. The van der Waals surface area contributed by atoms with E-state index in [0.29, 0.717) is 5.82 Å². The number of fused-ring (bicyclic) bond motifs is 1. The first-order valence-corrected chi connectivity index (χ1v) is 6.51. The van der Waals surface area contributed by atoms with Gasteiger partial charge in [-0.3, -0.25) is 0 Å². The van der Waals surface area contributed by atoms with Gasteiger partial charge >= 0.3 is 5.97 Å². The van der Waals surface area contributed by atoms with E-state index in [2.05, 4.69) is 10.3 Å². The molecule has 106 valence electrons. The van der Waals surface area contributed by atoms with Gasteiger partial charge in [0.15, 0.2) is 0 Å². The summed E-state index contributed by atoms with van der Waals surface area (Å²) in [7, 11) is 3.95. The van der Waals surface area contributed by atoms with Crippen molar-refractivity contribution in [2.45, 2.75) is 13.0 Å². The Morgan fingerprint density at radius 3 is 2.75 bits per heavy atom. The van der Waals surface area contributed by atoms with Crippen molar-refractivity contribution in [3.05, 3.63) is 35.9 Å². The quantitative estimate of drug-likeness (QED) is 0.875. The zero-order valence-electron chi connectivity index (χ0n) is 11.9. The van der Waals surface area contributed by atoms with Crippen molar-refractivity contribution < 1.29 is 9.90 Å². The molecule has 0 aliphatic rings. The molecule has 0 radical (unpaired) electrons. The van der Waals surface area contributed by atoms with Gasteiger partial charge in [0.05, 0.1) is 5.52 Å². The van der Waals surface area contributed by atoms with Gasteiger partial charge in [0.1, 0.15) is 11.4 Å². The Balaban J connectivity index is 2.39. The number of aromatic carboxylic acids is 1. The fraction of sp³-hybridized carbons (Fsp3) is 0.333. The summed E-state index contributed by atoms with van der Waals surface area (Å²) in [4.78, 5) is 17.9. The molecule has 2 N–H and O–H groups in total. The van der Waals surface area contributed by atoms with Gasteiger partial charge in [0.2, 0.25) is 0 Å². The van der Waals surface area contributed by atoms with Crippen LogP contribution in [-0.4, -0.2) is 47.6 Å². The van der Waals surface area contributed by atoms with Gasteiger partial charge in [-0.05, 0) is 33.2 Å². The number of hydrogen-bond acceptors (Lipinski definition) is 4. The van der Waals surface area contributed by atoms with Crippen LogP contribution in [0.25, 0.3) is 10.9 Å². The van der Waals surface area contributed by atoms with E-state index in [9.17, 15) is 9.90 Å². The molecule has 5 heteroatoms. The van der Waals surface area contributed by atoms with E-state index in [4.69, 9.17) is 0 Å². The standard InChI is InChI=1S/C15H19N3O2/c1-10(9-18(2)3)16-14-12(15(19)20)8-11-6-4-5-7-13(11)17-14/h4-8,10H,9H2,1-3H3,(H,16,17)(H,19,20). The van der Waals surface area contributed by atoms with Crippen LogP contribution in [0.5, 0.6) is 0 Å². The fourth-order valence-electron chi connectivity index (χ4n) is 2.22. The van der Waals surface area contributed by atoms with Crippen molar-refractivity contribution in [2.75, 3.05) is 26.0 Å². The number of aromatic nitrogens is 1. The molecule has 1 aromatic heterocycles. The van der Waals surface area contributed by atoms with E-state index in [1.807, 2.05) is 50.2 Å². The number of nitrogens with zero attached hydrogens (tertiary/aromatic N) is 2. The number of rotatable bonds is 5. The average Bonchev–Trinajstić information content (AvgIpc) is 2.36. The highest BCUT2D eigenvalue weighted by Gasteiger charge is 2.15. The van der Waals surface area contributed by atoms with Crippen molar-refractivity contribution in [1.29, 1.82) is 0 Å². The van der Waals surface area contributed by atoms with Crippen LogP contribution in [-0.2, 0) is 0 Å². The van der Waals surface area contributed by atoms with E-state index < -0.39 is 5.97 Å². The molecule has 0 aliphatic carbocycles. The lowest BCUT2D eigenvalue weighted by Gasteiger charge is -2.20. The van der Waals surface area contributed by atoms with Crippen molar-refractivity contribution in [3.63, 3.8) is 0 Å². The number of para-hydroxylation sites is 1. The molecule has 0 spiro atoms. The van der Waals surface area contributed by atoms with Crippen LogP contribution in [0.2, 0.25) is 0 Å². The number of benzene rings is 1. The second kappa shape index (κ2) is 5.88. The zero-order valence-corrected chi connectivity index (χ0v) is 11.9. The summed E-state index contributed by atoms with van der Waals surface area (Å²) in [5.41, 5.74) is 0.992. The summed E-state index contributed by atoms with van der Waals surface area (Å²) < 4.78 is 0. The van der Waals surface area contributed by atoms with E-state index >= 15 is 0 Å². The molecule has 0 aliphatic heterocycles. The molecule has 2 aromatic rings. The molecule has 1 aromatic carbocycles. The first kappa shape index (κ1) is 14.3. The highest BCUT2D eigenvalue weighted by molar-refractivity contribution is 5.98. The lowest BCUT2D eigenvalue weighted by atomic mass is 10.1. The Morgan fingerprint density at radius 1 is 1.40 bits per heavy atom. The summed E-state index contributed by atoms with van der Waals surface area (Å²) in [6.07, 6.45) is 0. The van der Waals surface area contributed by atoms with Crippen molar-refractivity contribution in [2.24, 2.45) is 0 Å². The predicted molar refractivity (Wildman–Crippen MR) is 80.3 cm³/mol. The number of pyridine rings is 1. The monoisotopic (exact) mass is 273 g/mol. The molecule has 20 heavy (non-hydrogen) atoms. The number of carbonyl (C=O) groups is 1. The predicted octanol–water partition coefficient (Wildman–Crippen LogP) is 2.29. The van der Waals surface area contributed by atoms with Crippen LogP contribution in [0.3, 0.4) is 0 Å². The third kappa shape index (κ3) is 3.24. The molecular weight excluding hydrogens is 254 g/mol. The summed E-state index contributed by atoms with van der Waals surface area (Å²) in [5.74, 6) is -0.548. The molecule has 0 fully saturated rings. The first-order chi connectivity index (χ1) is 9.47. The van der Waals surface area contributed by atoms with Crippen LogP contribution in [0.4, 0.5) is 5.82 Å². The Labute approximate surface area is 118 Å². The Morgan fingerprint density at radius 2 is 2.10 bits per heavy atom. The van der Waals surface area contributed by atoms with Crippen molar-refractivity contribution in [1.82, 2.24) is 9.88 Å². The maximum Gasteiger partial charge on any atom is 0.339 e. The summed E-state index contributed by atoms with van der Waals surface area (Å²) in [5, 5.41) is 13.3. The van der Waals surface area contributed by atoms with Crippen molar-refractivity contribution >= 4 is 22.7 Å². The molecule has 0 saturated heterocycles. The van der Waals surface area contributed by atoms with E-state index in [1.54, 1.807) is 6.07 Å². The number of carboxylic acids is 1. The second-order valence-electron chi connectivity index (χ2n) is 5.19. The lowest BCUT2D eigenvalue weighted by molar-refractivity contribution is 0.0697. The molecule has 1 heterocycles. The largest absolute Gasteiger partial charge is 0.478 e. The van der Waals surface area contributed by atoms with Crippen LogP contribution in [0.15, 0.2) is 30.3 Å². The van der Waals surface area contributed by atoms with Gasteiger partial charge in [-0.2, -0.15) is 0 Å². The normalized spacial score (nSPS) is 12.6. The van der Waals surface area contributed by atoms with Gasteiger partial charge in [0.25, 0.3) is 0 Å². The van der Waals surface area contributed by atoms with Crippen LogP contribution < -0.4 is 5.32 Å². The van der Waals surface area contributed by atoms with Gasteiger partial charge in [0, 0.05) is 18.0 Å². The third-order valence-electron chi connectivity index (χ3n) is 2.98. The molecule has 0 bridgehead atoms. The summed E-state index contributed by atoms with van der Waals surface area (Å²) in [6.45, 7) is 2.80. The SMILES string of the molecule is CC(CN(C)C)Nc1nc2ccccc2cc1C(=O)O. The molecule has 1 unspecified atom stereocenters. The number of carboxylic acid groups (broad SMARTS) is 1. The minimum absolute atomic E-state index is 0.108. The van der Waals surface area contributed by atoms with Crippen LogP contribution in [0.1, 0.15) is 17.3 Å². The molecular formula is C15H19N3O2. The Bertz CT molecular complexity index is 626. The zero-order chi connectivity index (χ0) is 14.7. The summed E-state index contributed by atoms with van der Waals surface area (Å²) >= 11 is 0. The van der Waals surface area contributed by atoms with E-state index in [0.717, 1.165) is 17.4 Å². The topological polar surface area (TPSA) is 65.5 Å². The van der Waals surface area contributed by atoms with Crippen LogP contribution >= 0.6 is 0 Å². The highest BCUT2D eigenvalue weighted by atomic mass is 16.4. The maximum absolute atomic E-state index is 11.4. The molecule has 2 rings (SSSR count). The minimum atomic E-state index is -0.970. The molecule has 0 amide bonds. The summed E-state index contributed by atoms with van der Waals surface area (Å²) in [6, 6.07) is 9.27. The number of likely N-dealkylation sites (N-methyl/N-ethyl adjacent to an activating group) is 1. The number of nitrogens with one attached hydrogen (secondary N) is 1. The first-order valence-electron chi connectivity index (χ1n) is 6.51. The molecule has 1 atom stereocenters. The van der Waals surface area contributed by atoms with Crippen LogP contribution in [0, 0.1) is 0 Å². The van der Waals surface area contributed by atoms with Gasteiger partial charge in [-0.15, -0.1) is 0 Å². The third-order valence-corrected chi connectivity index (χ3v) is 2.98. The maximum atomic E-state index is 11.4. The van der Waals surface area contributed by atoms with Gasteiger partial charge in [-0.1, -0.05) is 18.2 Å². The lowest BCUT2D eigenvalue weighted by Crippen LogP contribution is -2.30. The van der Waals surface area contributed by atoms with E-state index in [1.165, 1.54) is 0 Å². The molecule has 5 nitrogen and oxygen atoms in total. The van der Waals surface area contributed by atoms with E-state index in [-0.39, 0.29) is 11.6 Å². The highest BCUT2D eigenvalue weighted by Crippen LogP contribution is 2.21. The Hall–Kier alpha value is -2.14. The second-order valence-corrected chi connectivity index (χ2v) is 5.19. The number of hydrogen-bond donors (Lipinski definition) is 2. The van der Waals surface area contributed by atoms with Gasteiger partial charge in [-0.25, -0.2) is 9.78 Å². The van der Waals surface area contributed by atoms with Gasteiger partial charge < -0.3 is 15.3 Å². The van der Waals surface area contributed by atoms with Crippen molar-refractivity contribution in [3.8, 4) is 0 Å². The molecule has 0 saturated carbocycles.